The lowest BCUT2D eigenvalue weighted by Gasteiger charge is -2.39. The summed E-state index contributed by atoms with van der Waals surface area (Å²) in [5.74, 6) is 0.121. The molecule has 0 saturated carbocycles. The van der Waals surface area contributed by atoms with Crippen LogP contribution in [-0.2, 0) is 17.8 Å². The van der Waals surface area contributed by atoms with Crippen molar-refractivity contribution in [2.24, 2.45) is 5.92 Å². The first-order valence-electron chi connectivity index (χ1n) is 11.8. The van der Waals surface area contributed by atoms with Gasteiger partial charge in [-0.3, -0.25) is 9.59 Å². The van der Waals surface area contributed by atoms with Crippen LogP contribution in [0.2, 0.25) is 0 Å². The maximum absolute atomic E-state index is 13.6. The Hall–Kier alpha value is -3.68. The quantitative estimate of drug-likeness (QED) is 0.533. The monoisotopic (exact) mass is 479 g/mol. The van der Waals surface area contributed by atoms with E-state index >= 15 is 0 Å². The fourth-order valence-electron chi connectivity index (χ4n) is 4.22. The Morgan fingerprint density at radius 3 is 2.60 bits per heavy atom. The lowest BCUT2D eigenvalue weighted by Crippen LogP contribution is -2.42. The average Bonchev–Trinajstić information content (AvgIpc) is 3.31. The number of rotatable bonds is 7. The smallest absolute Gasteiger partial charge is 0.273 e. The van der Waals surface area contributed by atoms with Crippen LogP contribution in [0.25, 0.3) is 0 Å². The summed E-state index contributed by atoms with van der Waals surface area (Å²) in [7, 11) is 0. The van der Waals surface area contributed by atoms with E-state index in [0.29, 0.717) is 12.3 Å². The molecule has 1 aromatic heterocycles. The van der Waals surface area contributed by atoms with Crippen molar-refractivity contribution < 1.29 is 23.1 Å². The minimum Gasteiger partial charge on any atom is -0.484 e. The first kappa shape index (κ1) is 24.4. The van der Waals surface area contributed by atoms with Gasteiger partial charge in [0.15, 0.2) is 12.3 Å². The number of benzene rings is 2. The van der Waals surface area contributed by atoms with Gasteiger partial charge in [-0.25, -0.2) is 9.37 Å². The lowest BCUT2D eigenvalue weighted by atomic mass is 9.87. The average molecular weight is 480 g/mol. The van der Waals surface area contributed by atoms with Crippen molar-refractivity contribution in [2.45, 2.75) is 52.8 Å². The van der Waals surface area contributed by atoms with E-state index in [0.717, 1.165) is 23.1 Å². The molecule has 8 heteroatoms. The molecule has 1 unspecified atom stereocenters. The molecule has 2 amide bonds. The van der Waals surface area contributed by atoms with Crippen LogP contribution in [0.4, 0.5) is 4.39 Å². The van der Waals surface area contributed by atoms with E-state index in [1.54, 1.807) is 12.1 Å². The molecular formula is C27H30FN3O4. The molecule has 0 bridgehead atoms. The molecule has 0 spiro atoms. The van der Waals surface area contributed by atoms with Gasteiger partial charge in [0, 0.05) is 18.5 Å². The number of nitrogens with one attached hydrogen (secondary N) is 1. The number of halogens is 1. The molecule has 1 aliphatic heterocycles. The number of carbonyl (C=O) groups is 2. The molecule has 7 nitrogen and oxygen atoms in total. The number of carbonyl (C=O) groups excluding carboxylic acids is 2. The highest BCUT2D eigenvalue weighted by Gasteiger charge is 2.33. The van der Waals surface area contributed by atoms with Crippen molar-refractivity contribution in [3.05, 3.63) is 82.8 Å². The normalized spacial score (nSPS) is 15.3. The van der Waals surface area contributed by atoms with Gasteiger partial charge in [-0.05, 0) is 61.2 Å². The van der Waals surface area contributed by atoms with Gasteiger partial charge >= 0.3 is 0 Å². The number of oxazole rings is 1. The number of aromatic nitrogens is 1. The molecule has 1 aliphatic rings. The summed E-state index contributed by atoms with van der Waals surface area (Å²) in [6.45, 7) is 8.13. The summed E-state index contributed by atoms with van der Waals surface area (Å²) in [6, 6.07) is 11.7. The molecule has 2 aromatic carbocycles. The second kappa shape index (κ2) is 10.3. The van der Waals surface area contributed by atoms with E-state index in [9.17, 15) is 14.0 Å². The summed E-state index contributed by atoms with van der Waals surface area (Å²) >= 11 is 0. The van der Waals surface area contributed by atoms with Crippen LogP contribution >= 0.6 is 0 Å². The SMILES string of the molecule is CC(C)NC(=O)c1coc(COc2ccc3c(c2)C(c2ccc(F)cc2)N(C(=O)C(C)C)CC3)n1. The number of hydrogen-bond acceptors (Lipinski definition) is 5. The maximum atomic E-state index is 13.6. The van der Waals surface area contributed by atoms with Gasteiger partial charge in [-0.15, -0.1) is 0 Å². The van der Waals surface area contributed by atoms with Gasteiger partial charge in [-0.2, -0.15) is 0 Å². The summed E-state index contributed by atoms with van der Waals surface area (Å²) < 4.78 is 25.0. The van der Waals surface area contributed by atoms with E-state index in [-0.39, 0.29) is 53.8 Å². The fourth-order valence-corrected chi connectivity index (χ4v) is 4.22. The van der Waals surface area contributed by atoms with E-state index in [1.807, 2.05) is 50.8 Å². The number of nitrogens with zero attached hydrogens (tertiary/aromatic N) is 2. The van der Waals surface area contributed by atoms with Crippen molar-refractivity contribution >= 4 is 11.8 Å². The van der Waals surface area contributed by atoms with Crippen LogP contribution in [-0.4, -0.2) is 34.3 Å². The van der Waals surface area contributed by atoms with Crippen LogP contribution < -0.4 is 10.1 Å². The van der Waals surface area contributed by atoms with Crippen molar-refractivity contribution in [1.29, 1.82) is 0 Å². The second-order valence-electron chi connectivity index (χ2n) is 9.29. The molecule has 0 saturated heterocycles. The van der Waals surface area contributed by atoms with Gasteiger partial charge in [0.1, 0.15) is 17.8 Å². The molecular weight excluding hydrogens is 449 g/mol. The molecule has 3 aromatic rings. The number of hydrogen-bond donors (Lipinski definition) is 1. The first-order chi connectivity index (χ1) is 16.7. The molecule has 2 heterocycles. The highest BCUT2D eigenvalue weighted by Crippen LogP contribution is 2.38. The number of ether oxygens (including phenoxy) is 1. The van der Waals surface area contributed by atoms with Gasteiger partial charge in [0.2, 0.25) is 11.8 Å². The number of fused-ring (bicyclic) bond motifs is 1. The lowest BCUT2D eigenvalue weighted by molar-refractivity contribution is -0.136. The Labute approximate surface area is 204 Å². The van der Waals surface area contributed by atoms with Crippen LogP contribution in [0, 0.1) is 11.7 Å². The minimum atomic E-state index is -0.342. The van der Waals surface area contributed by atoms with E-state index in [4.69, 9.17) is 9.15 Å². The van der Waals surface area contributed by atoms with Gasteiger partial charge in [0.25, 0.3) is 5.91 Å². The molecule has 184 valence electrons. The highest BCUT2D eigenvalue weighted by atomic mass is 19.1. The minimum absolute atomic E-state index is 0.00871. The zero-order valence-electron chi connectivity index (χ0n) is 20.4. The molecule has 0 radical (unpaired) electrons. The second-order valence-corrected chi connectivity index (χ2v) is 9.29. The van der Waals surface area contributed by atoms with Crippen molar-refractivity contribution in [3.8, 4) is 5.75 Å². The molecule has 0 aliphatic carbocycles. The Bertz CT molecular complexity index is 1200. The van der Waals surface area contributed by atoms with E-state index in [2.05, 4.69) is 10.3 Å². The third-order valence-corrected chi connectivity index (χ3v) is 5.87. The summed E-state index contributed by atoms with van der Waals surface area (Å²) in [5.41, 5.74) is 3.09. The Kier molecular flexibility index (Phi) is 7.19. The maximum Gasteiger partial charge on any atom is 0.273 e. The zero-order chi connectivity index (χ0) is 25.1. The molecule has 1 N–H and O–H groups in total. The predicted octanol–water partition coefficient (Wildman–Crippen LogP) is 4.66. The van der Waals surface area contributed by atoms with Crippen molar-refractivity contribution in [2.75, 3.05) is 6.54 Å². The van der Waals surface area contributed by atoms with Crippen LogP contribution in [0.1, 0.15) is 66.8 Å². The Balaban J connectivity index is 1.58. The fraction of sp³-hybridized carbons (Fsp3) is 0.370. The standard InChI is InChI=1S/C27H30FN3O4/c1-16(2)27(33)31-12-11-18-7-10-21(13-22(18)25(31)19-5-8-20(28)9-6-19)34-15-24-30-23(14-35-24)26(32)29-17(3)4/h5-10,13-14,16-17,25H,11-12,15H2,1-4H3,(H,29,32). The summed E-state index contributed by atoms with van der Waals surface area (Å²) in [4.78, 5) is 31.2. The molecule has 4 rings (SSSR count). The Morgan fingerprint density at radius 1 is 1.17 bits per heavy atom. The van der Waals surface area contributed by atoms with Crippen LogP contribution in [0.15, 0.2) is 53.1 Å². The van der Waals surface area contributed by atoms with Crippen LogP contribution in [0.5, 0.6) is 5.75 Å². The summed E-state index contributed by atoms with van der Waals surface area (Å²) in [5, 5.41) is 2.77. The topological polar surface area (TPSA) is 84.7 Å². The van der Waals surface area contributed by atoms with Gasteiger partial charge < -0.3 is 19.4 Å². The predicted molar refractivity (Wildman–Crippen MR) is 128 cm³/mol. The molecule has 0 fully saturated rings. The largest absolute Gasteiger partial charge is 0.484 e. The zero-order valence-corrected chi connectivity index (χ0v) is 20.4. The van der Waals surface area contributed by atoms with E-state index < -0.39 is 0 Å². The summed E-state index contributed by atoms with van der Waals surface area (Å²) in [6.07, 6.45) is 2.03. The molecule has 35 heavy (non-hydrogen) atoms. The van der Waals surface area contributed by atoms with E-state index in [1.165, 1.54) is 18.4 Å². The van der Waals surface area contributed by atoms with Gasteiger partial charge in [0.05, 0.1) is 6.04 Å². The van der Waals surface area contributed by atoms with Crippen molar-refractivity contribution in [1.82, 2.24) is 15.2 Å². The first-order valence-corrected chi connectivity index (χ1v) is 11.8. The third-order valence-electron chi connectivity index (χ3n) is 5.87. The molecule has 1 atom stereocenters. The third kappa shape index (κ3) is 5.53. The number of amides is 2. The van der Waals surface area contributed by atoms with Crippen LogP contribution in [0.3, 0.4) is 0 Å². The Morgan fingerprint density at radius 2 is 1.91 bits per heavy atom. The highest BCUT2D eigenvalue weighted by molar-refractivity contribution is 5.92. The van der Waals surface area contributed by atoms with Gasteiger partial charge in [-0.1, -0.05) is 32.0 Å². The van der Waals surface area contributed by atoms with Crippen molar-refractivity contribution in [3.63, 3.8) is 0 Å².